The third-order valence-electron chi connectivity index (χ3n) is 3.78. The average Bonchev–Trinajstić information content (AvgIpc) is 2.73. The summed E-state index contributed by atoms with van der Waals surface area (Å²) < 4.78 is 1.95. The van der Waals surface area contributed by atoms with E-state index in [0.29, 0.717) is 6.54 Å². The number of benzene rings is 1. The lowest BCUT2D eigenvalue weighted by Crippen LogP contribution is -2.36. The first-order valence-electron chi connectivity index (χ1n) is 6.40. The summed E-state index contributed by atoms with van der Waals surface area (Å²) in [6.07, 6.45) is 7.21. The summed E-state index contributed by atoms with van der Waals surface area (Å²) in [5, 5.41) is 16.1. The van der Waals surface area contributed by atoms with Gasteiger partial charge in [0.25, 0.3) is 0 Å². The number of nitrogens with zero attached hydrogens (tertiary/aromatic N) is 2. The van der Waals surface area contributed by atoms with Gasteiger partial charge in [0.1, 0.15) is 0 Å². The van der Waals surface area contributed by atoms with Crippen molar-refractivity contribution in [3.63, 3.8) is 0 Å². The van der Waals surface area contributed by atoms with E-state index in [9.17, 15) is 5.11 Å². The number of rotatable bonds is 2. The minimum atomic E-state index is -0.549. The molecule has 1 fully saturated rings. The highest BCUT2D eigenvalue weighted by Crippen LogP contribution is 2.30. The van der Waals surface area contributed by atoms with Gasteiger partial charge in [-0.15, -0.1) is 0 Å². The Balaban J connectivity index is 1.89. The van der Waals surface area contributed by atoms with Crippen LogP contribution in [0.2, 0.25) is 0 Å². The van der Waals surface area contributed by atoms with Crippen LogP contribution in [0.25, 0.3) is 10.9 Å². The van der Waals surface area contributed by atoms with Crippen molar-refractivity contribution in [1.29, 1.82) is 0 Å². The van der Waals surface area contributed by atoms with Crippen molar-refractivity contribution < 1.29 is 5.11 Å². The predicted octanol–water partition coefficient (Wildman–Crippen LogP) is 2.73. The third-order valence-corrected chi connectivity index (χ3v) is 3.78. The monoisotopic (exact) mass is 230 g/mol. The fraction of sp³-hybridized carbons (Fsp3) is 0.500. The highest BCUT2D eigenvalue weighted by atomic mass is 16.3. The molecule has 2 aromatic rings. The SMILES string of the molecule is OC1(Cn2ncc3ccccc32)CCCCC1. The molecule has 90 valence electrons. The van der Waals surface area contributed by atoms with Gasteiger partial charge in [-0.05, 0) is 18.9 Å². The van der Waals surface area contributed by atoms with Crippen LogP contribution < -0.4 is 0 Å². The Hall–Kier alpha value is -1.35. The number of fused-ring (bicyclic) bond motifs is 1. The van der Waals surface area contributed by atoms with Gasteiger partial charge in [0.15, 0.2) is 0 Å². The number of hydrogen-bond donors (Lipinski definition) is 1. The molecule has 1 aliphatic rings. The fourth-order valence-corrected chi connectivity index (χ4v) is 2.80. The molecule has 0 atom stereocenters. The summed E-state index contributed by atoms with van der Waals surface area (Å²) in [5.74, 6) is 0. The molecule has 1 aromatic carbocycles. The molecule has 1 heterocycles. The Morgan fingerprint density at radius 3 is 2.76 bits per heavy atom. The van der Waals surface area contributed by atoms with Crippen LogP contribution in [0.4, 0.5) is 0 Å². The maximum Gasteiger partial charge on any atom is 0.0843 e. The van der Waals surface area contributed by atoms with Crippen LogP contribution in [0.3, 0.4) is 0 Å². The van der Waals surface area contributed by atoms with Gasteiger partial charge in [-0.1, -0.05) is 37.5 Å². The highest BCUT2D eigenvalue weighted by Gasteiger charge is 2.30. The second kappa shape index (κ2) is 4.15. The summed E-state index contributed by atoms with van der Waals surface area (Å²) in [7, 11) is 0. The van der Waals surface area contributed by atoms with E-state index in [-0.39, 0.29) is 0 Å². The van der Waals surface area contributed by atoms with E-state index < -0.39 is 5.60 Å². The molecule has 0 amide bonds. The van der Waals surface area contributed by atoms with Crippen LogP contribution in [0, 0.1) is 0 Å². The van der Waals surface area contributed by atoms with Crippen molar-refractivity contribution in [1.82, 2.24) is 9.78 Å². The zero-order valence-electron chi connectivity index (χ0n) is 9.97. The molecule has 0 spiro atoms. The largest absolute Gasteiger partial charge is 0.388 e. The molecule has 0 saturated heterocycles. The van der Waals surface area contributed by atoms with Crippen LogP contribution in [-0.4, -0.2) is 20.5 Å². The van der Waals surface area contributed by atoms with Crippen LogP contribution in [0.15, 0.2) is 30.5 Å². The first-order valence-corrected chi connectivity index (χ1v) is 6.40. The van der Waals surface area contributed by atoms with E-state index in [0.717, 1.165) is 36.6 Å². The van der Waals surface area contributed by atoms with E-state index in [1.807, 2.05) is 23.0 Å². The van der Waals surface area contributed by atoms with Crippen LogP contribution >= 0.6 is 0 Å². The molecule has 0 bridgehead atoms. The molecule has 1 aromatic heterocycles. The standard InChI is InChI=1S/C14H18N2O/c17-14(8-4-1-5-9-14)11-16-13-7-3-2-6-12(13)10-15-16/h2-3,6-7,10,17H,1,4-5,8-9,11H2. The quantitative estimate of drug-likeness (QED) is 0.861. The lowest BCUT2D eigenvalue weighted by Gasteiger charge is -2.32. The normalized spacial score (nSPS) is 19.6. The molecule has 3 nitrogen and oxygen atoms in total. The van der Waals surface area contributed by atoms with Crippen molar-refractivity contribution in [3.05, 3.63) is 30.5 Å². The summed E-state index contributed by atoms with van der Waals surface area (Å²) in [5.41, 5.74) is 0.569. The van der Waals surface area contributed by atoms with Gasteiger partial charge in [0.05, 0.1) is 23.9 Å². The van der Waals surface area contributed by atoms with Crippen LogP contribution in [0.1, 0.15) is 32.1 Å². The number of hydrogen-bond acceptors (Lipinski definition) is 2. The lowest BCUT2D eigenvalue weighted by molar-refractivity contribution is -0.0132. The molecule has 17 heavy (non-hydrogen) atoms. The topological polar surface area (TPSA) is 38.0 Å². The maximum atomic E-state index is 10.5. The molecular formula is C14H18N2O. The predicted molar refractivity (Wildman–Crippen MR) is 67.8 cm³/mol. The molecule has 1 N–H and O–H groups in total. The number of para-hydroxylation sites is 1. The van der Waals surface area contributed by atoms with Gasteiger partial charge in [0.2, 0.25) is 0 Å². The van der Waals surface area contributed by atoms with Gasteiger partial charge in [0, 0.05) is 5.39 Å². The van der Waals surface area contributed by atoms with Crippen molar-refractivity contribution in [3.8, 4) is 0 Å². The van der Waals surface area contributed by atoms with Crippen LogP contribution in [-0.2, 0) is 6.54 Å². The Bertz CT molecular complexity index is 512. The summed E-state index contributed by atoms with van der Waals surface area (Å²) in [6.45, 7) is 0.626. The first-order chi connectivity index (χ1) is 8.27. The molecule has 1 saturated carbocycles. The van der Waals surface area contributed by atoms with Crippen molar-refractivity contribution in [2.75, 3.05) is 0 Å². The van der Waals surface area contributed by atoms with E-state index in [1.54, 1.807) is 0 Å². The molecular weight excluding hydrogens is 212 g/mol. The van der Waals surface area contributed by atoms with E-state index in [2.05, 4.69) is 17.2 Å². The fourth-order valence-electron chi connectivity index (χ4n) is 2.80. The highest BCUT2D eigenvalue weighted by molar-refractivity contribution is 5.78. The molecule has 0 aliphatic heterocycles. The molecule has 0 unspecified atom stereocenters. The van der Waals surface area contributed by atoms with E-state index in [1.165, 1.54) is 6.42 Å². The molecule has 3 heteroatoms. The van der Waals surface area contributed by atoms with Crippen molar-refractivity contribution in [2.45, 2.75) is 44.2 Å². The summed E-state index contributed by atoms with van der Waals surface area (Å²) in [4.78, 5) is 0. The molecule has 3 rings (SSSR count). The molecule has 0 radical (unpaired) electrons. The minimum absolute atomic E-state index is 0.549. The van der Waals surface area contributed by atoms with E-state index in [4.69, 9.17) is 0 Å². The van der Waals surface area contributed by atoms with Gasteiger partial charge in [-0.25, -0.2) is 0 Å². The second-order valence-electron chi connectivity index (χ2n) is 5.15. The Kier molecular flexibility index (Phi) is 2.63. The van der Waals surface area contributed by atoms with Crippen LogP contribution in [0.5, 0.6) is 0 Å². The number of aromatic nitrogens is 2. The second-order valence-corrected chi connectivity index (χ2v) is 5.15. The number of aliphatic hydroxyl groups is 1. The average molecular weight is 230 g/mol. The Morgan fingerprint density at radius 1 is 1.18 bits per heavy atom. The van der Waals surface area contributed by atoms with E-state index >= 15 is 0 Å². The van der Waals surface area contributed by atoms with Gasteiger partial charge >= 0.3 is 0 Å². The summed E-state index contributed by atoms with van der Waals surface area (Å²) in [6, 6.07) is 8.16. The maximum absolute atomic E-state index is 10.5. The van der Waals surface area contributed by atoms with Gasteiger partial charge in [-0.3, -0.25) is 4.68 Å². The van der Waals surface area contributed by atoms with Gasteiger partial charge in [-0.2, -0.15) is 5.10 Å². The third kappa shape index (κ3) is 2.07. The zero-order chi connectivity index (χ0) is 11.7. The smallest absolute Gasteiger partial charge is 0.0843 e. The Morgan fingerprint density at radius 2 is 1.94 bits per heavy atom. The van der Waals surface area contributed by atoms with Crippen molar-refractivity contribution in [2.24, 2.45) is 0 Å². The Labute approximate surface area is 101 Å². The lowest BCUT2D eigenvalue weighted by atomic mass is 9.85. The first kappa shape index (κ1) is 10.8. The minimum Gasteiger partial charge on any atom is -0.388 e. The van der Waals surface area contributed by atoms with Crippen molar-refractivity contribution >= 4 is 10.9 Å². The zero-order valence-corrected chi connectivity index (χ0v) is 9.97. The van der Waals surface area contributed by atoms with Gasteiger partial charge < -0.3 is 5.11 Å². The summed E-state index contributed by atoms with van der Waals surface area (Å²) >= 11 is 0. The molecule has 1 aliphatic carbocycles.